The summed E-state index contributed by atoms with van der Waals surface area (Å²) in [6, 6.07) is 9.06. The third-order valence-corrected chi connectivity index (χ3v) is 6.09. The summed E-state index contributed by atoms with van der Waals surface area (Å²) in [4.78, 5) is 27.8. The van der Waals surface area contributed by atoms with Gasteiger partial charge in [0.2, 0.25) is 5.91 Å². The van der Waals surface area contributed by atoms with Crippen LogP contribution in [0.25, 0.3) is 0 Å². The highest BCUT2D eigenvalue weighted by Gasteiger charge is 2.33. The normalized spacial score (nSPS) is 30.1. The minimum Gasteiger partial charge on any atom is -0.461 e. The van der Waals surface area contributed by atoms with Crippen LogP contribution < -0.4 is 0 Å². The van der Waals surface area contributed by atoms with E-state index in [9.17, 15) is 14.7 Å². The Kier molecular flexibility index (Phi) is 9.15. The zero-order valence-electron chi connectivity index (χ0n) is 18.3. The number of aliphatic hydroxyl groups excluding tert-OH is 1. The van der Waals surface area contributed by atoms with Gasteiger partial charge in [-0.05, 0) is 30.2 Å². The molecule has 1 fully saturated rings. The molecule has 5 nitrogen and oxygen atoms in total. The molecule has 5 atom stereocenters. The number of hydrogen-bond donors (Lipinski definition) is 1. The van der Waals surface area contributed by atoms with Crippen LogP contribution in [0.5, 0.6) is 0 Å². The molecule has 0 aliphatic carbocycles. The van der Waals surface area contributed by atoms with Gasteiger partial charge in [0.1, 0.15) is 12.1 Å². The minimum atomic E-state index is -0.667. The van der Waals surface area contributed by atoms with Gasteiger partial charge in [-0.3, -0.25) is 4.79 Å². The summed E-state index contributed by atoms with van der Waals surface area (Å²) in [6.07, 6.45) is 4.18. The first-order valence-corrected chi connectivity index (χ1v) is 10.9. The van der Waals surface area contributed by atoms with Gasteiger partial charge in [0.05, 0.1) is 0 Å². The number of cyclic esters (lactones) is 1. The molecule has 1 aromatic rings. The maximum absolute atomic E-state index is 13.1. The first kappa shape index (κ1) is 23.4. The molecule has 29 heavy (non-hydrogen) atoms. The highest BCUT2D eigenvalue weighted by molar-refractivity contribution is 5.85. The van der Waals surface area contributed by atoms with Gasteiger partial charge in [-0.1, -0.05) is 63.9 Å². The van der Waals surface area contributed by atoms with E-state index in [2.05, 4.69) is 13.8 Å². The molecular formula is C24H37NO4. The predicted octanol–water partition coefficient (Wildman–Crippen LogP) is 3.83. The largest absolute Gasteiger partial charge is 0.461 e. The lowest BCUT2D eigenvalue weighted by molar-refractivity contribution is -0.161. The van der Waals surface area contributed by atoms with Crippen molar-refractivity contribution in [2.75, 3.05) is 13.7 Å². The number of aliphatic hydroxyl groups is 1. The fraction of sp³-hybridized carbons (Fsp3) is 0.667. The van der Waals surface area contributed by atoms with Gasteiger partial charge >= 0.3 is 5.97 Å². The average molecular weight is 404 g/mol. The highest BCUT2D eigenvalue weighted by Crippen LogP contribution is 2.26. The number of likely N-dealkylation sites (N-methyl/N-ethyl adjacent to an activating group) is 1. The van der Waals surface area contributed by atoms with Crippen LogP contribution in [-0.4, -0.2) is 47.7 Å². The highest BCUT2D eigenvalue weighted by atomic mass is 16.5. The zero-order valence-corrected chi connectivity index (χ0v) is 18.3. The van der Waals surface area contributed by atoms with Gasteiger partial charge in [0.25, 0.3) is 0 Å². The second-order valence-corrected chi connectivity index (χ2v) is 8.89. The lowest BCUT2D eigenvalue weighted by Gasteiger charge is -2.31. The fourth-order valence-corrected chi connectivity index (χ4v) is 4.29. The number of carbonyl (C=O) groups excluding carboxylic acids is 2. The number of esters is 1. The second-order valence-electron chi connectivity index (χ2n) is 8.89. The molecule has 5 heteroatoms. The molecule has 2 rings (SSSR count). The van der Waals surface area contributed by atoms with E-state index in [0.717, 1.165) is 31.2 Å². The molecule has 0 aromatic heterocycles. The van der Waals surface area contributed by atoms with E-state index < -0.39 is 6.04 Å². The Morgan fingerprint density at radius 3 is 2.28 bits per heavy atom. The molecule has 0 saturated carbocycles. The third kappa shape index (κ3) is 7.14. The van der Waals surface area contributed by atoms with E-state index in [1.54, 1.807) is 11.9 Å². The smallest absolute Gasteiger partial charge is 0.329 e. The predicted molar refractivity (Wildman–Crippen MR) is 114 cm³/mol. The molecule has 1 aromatic carbocycles. The van der Waals surface area contributed by atoms with Crippen LogP contribution in [0, 0.1) is 17.8 Å². The number of nitrogens with zero attached hydrogens (tertiary/aromatic N) is 1. The molecule has 1 N–H and O–H groups in total. The van der Waals surface area contributed by atoms with Crippen LogP contribution in [0.2, 0.25) is 0 Å². The average Bonchev–Trinajstić information content (AvgIpc) is 2.69. The molecule has 1 aliphatic rings. The van der Waals surface area contributed by atoms with Crippen LogP contribution in [0.15, 0.2) is 30.3 Å². The van der Waals surface area contributed by atoms with Crippen molar-refractivity contribution >= 4 is 11.9 Å². The van der Waals surface area contributed by atoms with Crippen molar-refractivity contribution < 1.29 is 19.4 Å². The Bertz CT molecular complexity index is 648. The van der Waals surface area contributed by atoms with Gasteiger partial charge < -0.3 is 14.7 Å². The van der Waals surface area contributed by atoms with Crippen LogP contribution in [0.4, 0.5) is 0 Å². The maximum Gasteiger partial charge on any atom is 0.329 e. The summed E-state index contributed by atoms with van der Waals surface area (Å²) in [5.74, 6) is 0.325. The summed E-state index contributed by atoms with van der Waals surface area (Å²) in [6.45, 7) is 6.31. The molecule has 1 aliphatic heterocycles. The van der Waals surface area contributed by atoms with Gasteiger partial charge in [-0.15, -0.1) is 0 Å². The topological polar surface area (TPSA) is 66.8 Å². The molecule has 0 radical (unpaired) electrons. The Morgan fingerprint density at radius 1 is 1.03 bits per heavy atom. The first-order chi connectivity index (χ1) is 13.8. The number of ether oxygens (including phenoxy) is 1. The summed E-state index contributed by atoms with van der Waals surface area (Å²) in [5, 5.41) is 9.44. The number of rotatable bonds is 4. The van der Waals surface area contributed by atoms with E-state index in [4.69, 9.17) is 4.74 Å². The zero-order chi connectivity index (χ0) is 21.4. The Hall–Kier alpha value is -1.88. The Labute approximate surface area is 175 Å². The Morgan fingerprint density at radius 2 is 1.66 bits per heavy atom. The third-order valence-electron chi connectivity index (χ3n) is 6.09. The summed E-state index contributed by atoms with van der Waals surface area (Å²) in [7, 11) is 1.71. The standard InChI is InChI=1S/C24H37NO4/c1-17-10-11-18(2)15-21(12-13-26)29-24(28)22(16-20-8-6-5-7-9-20)25(4)23(27)19(3)14-17/h5-9,17-19,21-22,26H,10-16H2,1-4H3/t17-,18?,19-,21-,22+/m1/s1. The van der Waals surface area contributed by atoms with Crippen molar-refractivity contribution in [1.82, 2.24) is 4.90 Å². The van der Waals surface area contributed by atoms with E-state index in [1.165, 1.54) is 0 Å². The van der Waals surface area contributed by atoms with E-state index >= 15 is 0 Å². The molecule has 0 bridgehead atoms. The van der Waals surface area contributed by atoms with Crippen LogP contribution >= 0.6 is 0 Å². The summed E-state index contributed by atoms with van der Waals surface area (Å²) in [5.41, 5.74) is 0.992. The van der Waals surface area contributed by atoms with Crippen LogP contribution in [0.3, 0.4) is 0 Å². The molecule has 1 heterocycles. The van der Waals surface area contributed by atoms with Gasteiger partial charge in [-0.2, -0.15) is 0 Å². The fourth-order valence-electron chi connectivity index (χ4n) is 4.29. The van der Waals surface area contributed by atoms with Crippen molar-refractivity contribution in [3.63, 3.8) is 0 Å². The monoisotopic (exact) mass is 403 g/mol. The van der Waals surface area contributed by atoms with Gasteiger partial charge in [0, 0.05) is 32.4 Å². The molecule has 1 unspecified atom stereocenters. The number of amides is 1. The lowest BCUT2D eigenvalue weighted by atomic mass is 9.88. The second kappa shape index (κ2) is 11.3. The number of benzene rings is 1. The quantitative estimate of drug-likeness (QED) is 0.776. The molecule has 1 amide bonds. The molecule has 0 spiro atoms. The summed E-state index contributed by atoms with van der Waals surface area (Å²) >= 11 is 0. The van der Waals surface area contributed by atoms with Crippen molar-refractivity contribution in [2.45, 2.75) is 71.4 Å². The maximum atomic E-state index is 13.1. The van der Waals surface area contributed by atoms with Gasteiger partial charge in [-0.25, -0.2) is 4.79 Å². The minimum absolute atomic E-state index is 0.0132. The van der Waals surface area contributed by atoms with E-state index in [1.807, 2.05) is 37.3 Å². The number of carbonyl (C=O) groups is 2. The van der Waals surface area contributed by atoms with E-state index in [0.29, 0.717) is 24.7 Å². The van der Waals surface area contributed by atoms with Gasteiger partial charge in [0.15, 0.2) is 0 Å². The molecular weight excluding hydrogens is 366 g/mol. The van der Waals surface area contributed by atoms with Crippen molar-refractivity contribution in [3.05, 3.63) is 35.9 Å². The van der Waals surface area contributed by atoms with Crippen LogP contribution in [0.1, 0.15) is 58.4 Å². The van der Waals surface area contributed by atoms with Crippen molar-refractivity contribution in [2.24, 2.45) is 17.8 Å². The first-order valence-electron chi connectivity index (χ1n) is 10.9. The summed E-state index contributed by atoms with van der Waals surface area (Å²) < 4.78 is 5.85. The number of hydrogen-bond acceptors (Lipinski definition) is 4. The SMILES string of the molecule is CC1CC[C@@H](C)C[C@@H](C)C(=O)N(C)[C@@H](Cc2ccccc2)C(=O)O[C@H](CCO)C1. The Balaban J connectivity index is 2.30. The molecule has 162 valence electrons. The lowest BCUT2D eigenvalue weighted by Crippen LogP contribution is -2.47. The van der Waals surface area contributed by atoms with Crippen molar-refractivity contribution in [1.29, 1.82) is 0 Å². The van der Waals surface area contributed by atoms with Crippen LogP contribution in [-0.2, 0) is 20.7 Å². The van der Waals surface area contributed by atoms with Crippen molar-refractivity contribution in [3.8, 4) is 0 Å². The van der Waals surface area contributed by atoms with E-state index in [-0.39, 0.29) is 30.5 Å². The molecule has 1 saturated heterocycles.